The number of nitrogens with zero attached hydrogens (tertiary/aromatic N) is 3. The monoisotopic (exact) mass is 366 g/mol. The molecule has 2 aromatic heterocycles. The molecule has 0 saturated carbocycles. The maximum absolute atomic E-state index is 5.75. The van der Waals surface area contributed by atoms with E-state index < -0.39 is 0 Å². The van der Waals surface area contributed by atoms with E-state index in [1.165, 1.54) is 0 Å². The second-order valence-electron chi connectivity index (χ2n) is 4.66. The molecule has 0 unspecified atom stereocenters. The van der Waals surface area contributed by atoms with Crippen LogP contribution in [-0.4, -0.2) is 14.8 Å². The number of hydrogen-bond acceptors (Lipinski definition) is 5. The van der Waals surface area contributed by atoms with Gasteiger partial charge in [-0.1, -0.05) is 11.8 Å². The minimum atomic E-state index is 0.643. The summed E-state index contributed by atoms with van der Waals surface area (Å²) in [5.74, 6) is 0.748. The first-order valence-corrected chi connectivity index (χ1v) is 8.37. The topological polar surface area (TPSA) is 69.9 Å². The van der Waals surface area contributed by atoms with Gasteiger partial charge < -0.3 is 10.2 Å². The van der Waals surface area contributed by atoms with Crippen molar-refractivity contribution in [3.63, 3.8) is 0 Å². The van der Waals surface area contributed by atoms with Gasteiger partial charge in [-0.05, 0) is 41.9 Å². The molecule has 0 amide bonds. The van der Waals surface area contributed by atoms with Crippen LogP contribution in [0.1, 0.15) is 18.3 Å². The fourth-order valence-corrected chi connectivity index (χ4v) is 3.59. The van der Waals surface area contributed by atoms with Gasteiger partial charge in [-0.2, -0.15) is 5.10 Å². The summed E-state index contributed by atoms with van der Waals surface area (Å²) in [6.07, 6.45) is 0. The quantitative estimate of drug-likeness (QED) is 0.558. The van der Waals surface area contributed by atoms with Crippen LogP contribution in [0.15, 0.2) is 32.3 Å². The number of fused-ring (bicyclic) bond motifs is 1. The molecule has 0 aliphatic carbocycles. The van der Waals surface area contributed by atoms with Crippen LogP contribution in [0.2, 0.25) is 0 Å². The number of benzene rings is 1. The molecule has 0 aliphatic rings. The van der Waals surface area contributed by atoms with Gasteiger partial charge in [0.1, 0.15) is 5.52 Å². The molecule has 2 N–H and O–H groups in total. The highest BCUT2D eigenvalue weighted by molar-refractivity contribution is 9.10. The fraction of sp³-hybridized carbons (Fsp3) is 0.286. The molecule has 3 rings (SSSR count). The Hall–Kier alpha value is -1.47. The van der Waals surface area contributed by atoms with Crippen LogP contribution < -0.4 is 5.73 Å². The normalized spacial score (nSPS) is 11.4. The minimum absolute atomic E-state index is 0.643. The van der Waals surface area contributed by atoms with E-state index in [9.17, 15) is 0 Å². The average Bonchev–Trinajstić information content (AvgIpc) is 2.98. The molecule has 7 heteroatoms. The van der Waals surface area contributed by atoms with E-state index >= 15 is 0 Å². The van der Waals surface area contributed by atoms with Gasteiger partial charge in [0.25, 0.3) is 5.22 Å². The van der Waals surface area contributed by atoms with E-state index in [1.807, 2.05) is 23.7 Å². The lowest BCUT2D eigenvalue weighted by Crippen LogP contribution is -2.01. The molecule has 0 radical (unpaired) electrons. The lowest BCUT2D eigenvalue weighted by molar-refractivity contribution is 0.489. The number of rotatable bonds is 4. The summed E-state index contributed by atoms with van der Waals surface area (Å²) in [7, 11) is 0. The maximum atomic E-state index is 5.75. The molecule has 110 valence electrons. The van der Waals surface area contributed by atoms with Crippen molar-refractivity contribution >= 4 is 44.5 Å². The third-order valence-electron chi connectivity index (χ3n) is 3.18. The third kappa shape index (κ3) is 2.80. The van der Waals surface area contributed by atoms with Crippen LogP contribution in [0, 0.1) is 6.92 Å². The first kappa shape index (κ1) is 14.5. The summed E-state index contributed by atoms with van der Waals surface area (Å²) < 4.78 is 8.76. The van der Waals surface area contributed by atoms with E-state index in [4.69, 9.17) is 10.2 Å². The number of aromatic nitrogens is 3. The number of hydrogen-bond donors (Lipinski definition) is 1. The van der Waals surface area contributed by atoms with Gasteiger partial charge in [-0.25, -0.2) is 4.98 Å². The Balaban J connectivity index is 1.83. The van der Waals surface area contributed by atoms with E-state index in [0.717, 1.165) is 39.3 Å². The summed E-state index contributed by atoms with van der Waals surface area (Å²) in [6.45, 7) is 4.91. The molecule has 2 heterocycles. The summed E-state index contributed by atoms with van der Waals surface area (Å²) in [4.78, 5) is 4.46. The van der Waals surface area contributed by atoms with E-state index in [2.05, 4.69) is 32.9 Å². The van der Waals surface area contributed by atoms with Crippen molar-refractivity contribution in [2.75, 3.05) is 5.73 Å². The first-order valence-electron chi connectivity index (χ1n) is 6.59. The highest BCUT2D eigenvalue weighted by atomic mass is 79.9. The summed E-state index contributed by atoms with van der Waals surface area (Å²) in [6, 6.07) is 5.49. The van der Waals surface area contributed by atoms with Crippen molar-refractivity contribution in [2.24, 2.45) is 0 Å². The van der Waals surface area contributed by atoms with Crippen LogP contribution in [0.3, 0.4) is 0 Å². The van der Waals surface area contributed by atoms with Crippen molar-refractivity contribution in [1.82, 2.24) is 14.8 Å². The van der Waals surface area contributed by atoms with Crippen LogP contribution in [0.4, 0.5) is 5.69 Å². The molecule has 21 heavy (non-hydrogen) atoms. The van der Waals surface area contributed by atoms with Gasteiger partial charge >= 0.3 is 0 Å². The molecule has 5 nitrogen and oxygen atoms in total. The highest BCUT2D eigenvalue weighted by Gasteiger charge is 2.14. The minimum Gasteiger partial charge on any atom is -0.431 e. The number of halogens is 1. The lowest BCUT2D eigenvalue weighted by atomic mass is 10.3. The fourth-order valence-electron chi connectivity index (χ4n) is 2.12. The molecule has 0 fully saturated rings. The molecule has 0 atom stereocenters. The molecule has 1 aromatic carbocycles. The second kappa shape index (κ2) is 5.73. The van der Waals surface area contributed by atoms with Gasteiger partial charge in [0, 0.05) is 24.1 Å². The molecular weight excluding hydrogens is 352 g/mol. The Labute approximate surface area is 135 Å². The summed E-state index contributed by atoms with van der Waals surface area (Å²) >= 11 is 5.15. The van der Waals surface area contributed by atoms with Gasteiger partial charge in [0.2, 0.25) is 0 Å². The number of aryl methyl sites for hydroxylation is 2. The Kier molecular flexibility index (Phi) is 3.95. The molecule has 0 saturated heterocycles. The number of anilines is 1. The van der Waals surface area contributed by atoms with E-state index in [-0.39, 0.29) is 0 Å². The van der Waals surface area contributed by atoms with E-state index in [0.29, 0.717) is 10.9 Å². The smallest absolute Gasteiger partial charge is 0.257 e. The van der Waals surface area contributed by atoms with Crippen LogP contribution in [-0.2, 0) is 12.3 Å². The Morgan fingerprint density at radius 1 is 1.43 bits per heavy atom. The Morgan fingerprint density at radius 3 is 3.00 bits per heavy atom. The van der Waals surface area contributed by atoms with Crippen LogP contribution in [0.5, 0.6) is 0 Å². The number of nitrogen functional groups attached to an aromatic ring is 1. The number of oxazole rings is 1. The van der Waals surface area contributed by atoms with Crippen molar-refractivity contribution in [3.8, 4) is 0 Å². The highest BCUT2D eigenvalue weighted by Crippen LogP contribution is 2.30. The zero-order valence-electron chi connectivity index (χ0n) is 11.8. The number of nitrogens with two attached hydrogens (primary N) is 1. The van der Waals surface area contributed by atoms with Crippen molar-refractivity contribution in [1.29, 1.82) is 0 Å². The zero-order valence-corrected chi connectivity index (χ0v) is 14.2. The summed E-state index contributed by atoms with van der Waals surface area (Å²) in [5.41, 5.74) is 10.1. The predicted octanol–water partition coefficient (Wildman–Crippen LogP) is 3.99. The molecule has 0 spiro atoms. The first-order chi connectivity index (χ1) is 10.1. The molecule has 3 aromatic rings. The second-order valence-corrected chi connectivity index (χ2v) is 6.38. The molecule has 0 aliphatic heterocycles. The van der Waals surface area contributed by atoms with Crippen molar-refractivity contribution in [2.45, 2.75) is 31.4 Å². The molecule has 0 bridgehead atoms. The average molecular weight is 367 g/mol. The maximum Gasteiger partial charge on any atom is 0.257 e. The zero-order chi connectivity index (χ0) is 15.0. The standard InChI is InChI=1S/C14H15BrN4OS/c1-3-19-11(13(15)8(2)18-19)7-21-14-17-10-5-4-9(16)6-12(10)20-14/h4-6H,3,7,16H2,1-2H3. The van der Waals surface area contributed by atoms with Crippen LogP contribution >= 0.6 is 27.7 Å². The third-order valence-corrected chi connectivity index (χ3v) is 5.05. The Bertz CT molecular complexity index is 796. The van der Waals surface area contributed by atoms with Gasteiger partial charge in [0.15, 0.2) is 5.58 Å². The van der Waals surface area contributed by atoms with Crippen molar-refractivity contribution in [3.05, 3.63) is 34.1 Å². The largest absolute Gasteiger partial charge is 0.431 e. The SMILES string of the molecule is CCn1nc(C)c(Br)c1CSc1nc2ccc(N)cc2o1. The molecular formula is C14H15BrN4OS. The summed E-state index contributed by atoms with van der Waals surface area (Å²) in [5, 5.41) is 5.13. The van der Waals surface area contributed by atoms with E-state index in [1.54, 1.807) is 17.8 Å². The van der Waals surface area contributed by atoms with Gasteiger partial charge in [-0.3, -0.25) is 4.68 Å². The number of thioether (sulfide) groups is 1. The lowest BCUT2D eigenvalue weighted by Gasteiger charge is -2.03. The Morgan fingerprint density at radius 2 is 2.24 bits per heavy atom. The van der Waals surface area contributed by atoms with Gasteiger partial charge in [-0.15, -0.1) is 0 Å². The predicted molar refractivity (Wildman–Crippen MR) is 88.3 cm³/mol. The van der Waals surface area contributed by atoms with Gasteiger partial charge in [0.05, 0.1) is 15.9 Å². The van der Waals surface area contributed by atoms with Crippen LogP contribution in [0.25, 0.3) is 11.1 Å². The van der Waals surface area contributed by atoms with Crippen molar-refractivity contribution < 1.29 is 4.42 Å².